The molecule has 0 amide bonds. The van der Waals surface area contributed by atoms with Crippen LogP contribution < -0.4 is 0 Å². The Morgan fingerprint density at radius 3 is 0.538 bits per heavy atom. The molecule has 0 heterocycles. The van der Waals surface area contributed by atoms with Crippen LogP contribution in [0.1, 0.15) is 0 Å². The van der Waals surface area contributed by atoms with Crippen molar-refractivity contribution in [3.63, 3.8) is 0 Å². The van der Waals surface area contributed by atoms with E-state index in [9.17, 15) is 0 Å². The third-order valence-corrected chi connectivity index (χ3v) is 0. The molecule has 0 aromatic heterocycles. The first kappa shape index (κ1) is 25.0. The van der Waals surface area contributed by atoms with Crippen molar-refractivity contribution in [2.75, 3.05) is 0 Å². The topological polar surface area (TPSA) is 71.6 Å². The van der Waals surface area contributed by atoms with Gasteiger partial charge in [-0.25, -0.2) is 0 Å². The number of hydrogen-bond donors (Lipinski definition) is 3. The molecule has 0 aliphatic carbocycles. The van der Waals surface area contributed by atoms with Crippen LogP contribution in [0, 0.1) is 16.2 Å². The minimum atomic E-state index is 0. The number of nitrogens with one attached hydrogen (secondary N) is 3. The second-order valence-corrected chi connectivity index (χ2v) is 9.93. The van der Waals surface area contributed by atoms with Crippen LogP contribution in [-0.2, 0) is 0 Å². The molecule has 0 aliphatic rings. The Bertz CT molecular complexity index is 121. The van der Waals surface area contributed by atoms with Crippen LogP contribution in [0.2, 0.25) is 0 Å². The fourth-order valence-electron chi connectivity index (χ4n) is 0. The molecule has 13 heavy (non-hydrogen) atoms. The standard InChI is InChI=1S/3CHNSe2.In/c3*2-1(3)4;/h3*2H;. The molecule has 0 aromatic carbocycles. The van der Waals surface area contributed by atoms with Crippen molar-refractivity contribution in [2.24, 2.45) is 0 Å². The van der Waals surface area contributed by atoms with Gasteiger partial charge < -0.3 is 0 Å². The third-order valence-electron chi connectivity index (χ3n) is 0. The van der Waals surface area contributed by atoms with Crippen LogP contribution in [0.3, 0.4) is 0 Å². The van der Waals surface area contributed by atoms with Crippen molar-refractivity contribution in [3.05, 3.63) is 0 Å². The summed E-state index contributed by atoms with van der Waals surface area (Å²) in [4.78, 5) is 0. The first-order chi connectivity index (χ1) is 5.20. The van der Waals surface area contributed by atoms with E-state index in [-0.39, 0.29) is 25.8 Å². The monoisotopic (exact) mass is 675 g/mol. The van der Waals surface area contributed by atoms with E-state index in [1.54, 1.807) is 0 Å². The minimum Gasteiger partial charge on any atom is 0 e. The maximum absolute atomic E-state index is 6.39. The molecular formula is C3H3InN3Se6. The quantitative estimate of drug-likeness (QED) is 0.187. The van der Waals surface area contributed by atoms with E-state index >= 15 is 0 Å². The zero-order valence-corrected chi connectivity index (χ0v) is 19.6. The van der Waals surface area contributed by atoms with Crippen LogP contribution in [0.15, 0.2) is 0 Å². The molecule has 0 aromatic rings. The van der Waals surface area contributed by atoms with Gasteiger partial charge >= 0.3 is 123 Å². The van der Waals surface area contributed by atoms with E-state index in [0.29, 0.717) is 10.5 Å². The summed E-state index contributed by atoms with van der Waals surface area (Å²) in [6.45, 7) is 0. The van der Waals surface area contributed by atoms with Gasteiger partial charge in [0.2, 0.25) is 0 Å². The van der Waals surface area contributed by atoms with Crippen LogP contribution >= 0.6 is 0 Å². The van der Waals surface area contributed by atoms with E-state index in [2.05, 4.69) is 96.1 Å². The summed E-state index contributed by atoms with van der Waals surface area (Å²) in [6.07, 6.45) is 0. The molecular weight excluding hydrogens is 667 g/mol. The molecule has 0 aliphatic heterocycles. The number of rotatable bonds is 0. The van der Waals surface area contributed by atoms with Gasteiger partial charge in [0.05, 0.1) is 0 Å². The Balaban J connectivity index is -0.0000000450. The first-order valence-electron chi connectivity index (χ1n) is 1.97. The van der Waals surface area contributed by atoms with E-state index in [4.69, 9.17) is 16.2 Å². The molecule has 0 atom stereocenters. The van der Waals surface area contributed by atoms with E-state index in [0.717, 1.165) is 0 Å². The molecule has 0 unspecified atom stereocenters. The maximum Gasteiger partial charge on any atom is 0 e. The molecule has 69 valence electrons. The zero-order chi connectivity index (χ0) is 10.7. The largest absolute Gasteiger partial charge is 0 e. The van der Waals surface area contributed by atoms with Gasteiger partial charge in [0.25, 0.3) is 0 Å². The van der Waals surface area contributed by atoms with E-state index in [1.165, 1.54) is 0 Å². The van der Waals surface area contributed by atoms with Crippen molar-refractivity contribution in [2.45, 2.75) is 0 Å². The van der Waals surface area contributed by atoms with Gasteiger partial charge in [0, 0.05) is 25.8 Å². The molecule has 10 heteroatoms. The summed E-state index contributed by atoms with van der Waals surface area (Å²) in [6, 6.07) is 0. The smallest absolute Gasteiger partial charge is 0 e. The third kappa shape index (κ3) is 282. The molecule has 3 N–H and O–H groups in total. The van der Waals surface area contributed by atoms with Gasteiger partial charge in [-0.15, -0.1) is 0 Å². The van der Waals surface area contributed by atoms with Gasteiger partial charge in [-0.1, -0.05) is 0 Å². The predicted molar refractivity (Wildman–Crippen MR) is 63.5 cm³/mol. The molecule has 0 saturated heterocycles. The average molecular weight is 670 g/mol. The van der Waals surface area contributed by atoms with Crippen LogP contribution in [-0.4, -0.2) is 132 Å². The zero-order valence-electron chi connectivity index (χ0n) is 6.03. The molecule has 0 spiro atoms. The summed E-state index contributed by atoms with van der Waals surface area (Å²) >= 11 is 14.6. The molecule has 0 fully saturated rings. The first-order valence-corrected chi connectivity index (χ1v) is 7.11. The SMILES string of the molecule is N=C([Se])[Se].N=C([Se])[Se].N=C([Se])[Se].[In]. The Morgan fingerprint density at radius 2 is 0.538 bits per heavy atom. The van der Waals surface area contributed by atoms with Gasteiger partial charge in [-0.2, -0.15) is 0 Å². The van der Waals surface area contributed by atoms with Gasteiger partial charge in [-0.05, 0) is 0 Å². The van der Waals surface area contributed by atoms with Crippen molar-refractivity contribution in [1.82, 2.24) is 0 Å². The molecule has 0 rings (SSSR count). The minimum absolute atomic E-state index is 0. The Morgan fingerprint density at radius 1 is 0.538 bits per heavy atom. The fourth-order valence-corrected chi connectivity index (χ4v) is 0. The van der Waals surface area contributed by atoms with Crippen LogP contribution in [0.4, 0.5) is 0 Å². The van der Waals surface area contributed by atoms with Crippen LogP contribution in [0.25, 0.3) is 0 Å². The predicted octanol–water partition coefficient (Wildman–Crippen LogP) is -2.61. The summed E-state index contributed by atoms with van der Waals surface area (Å²) in [5, 5.41) is 19.2. The van der Waals surface area contributed by atoms with Crippen molar-refractivity contribution in [1.29, 1.82) is 16.2 Å². The Hall–Kier alpha value is 3.00. The molecule has 0 bridgehead atoms. The van der Waals surface area contributed by atoms with Gasteiger partial charge in [-0.3, -0.25) is 0 Å². The van der Waals surface area contributed by atoms with Gasteiger partial charge in [0.1, 0.15) is 0 Å². The van der Waals surface area contributed by atoms with E-state index < -0.39 is 0 Å². The summed E-state index contributed by atoms with van der Waals surface area (Å²) < 4.78 is 1.25. The molecule has 3 nitrogen and oxygen atoms in total. The summed E-state index contributed by atoms with van der Waals surface area (Å²) in [7, 11) is 0. The Kier molecular flexibility index (Phi) is 39.3. The van der Waals surface area contributed by atoms with Crippen molar-refractivity contribution in [3.8, 4) is 0 Å². The summed E-state index contributed by atoms with van der Waals surface area (Å²) in [5.74, 6) is 0. The summed E-state index contributed by atoms with van der Waals surface area (Å²) in [5.41, 5.74) is 0. The van der Waals surface area contributed by atoms with E-state index in [1.807, 2.05) is 0 Å². The van der Waals surface area contributed by atoms with Gasteiger partial charge in [0.15, 0.2) is 0 Å². The number of hydrogen-bond acceptors (Lipinski definition) is 3. The van der Waals surface area contributed by atoms with Crippen molar-refractivity contribution < 1.29 is 0 Å². The van der Waals surface area contributed by atoms with Crippen molar-refractivity contribution >= 4 is 132 Å². The molecule has 9 radical (unpaired) electrons. The fraction of sp³-hybridized carbons (Fsp3) is 0. The van der Waals surface area contributed by atoms with Crippen LogP contribution in [0.5, 0.6) is 0 Å². The normalized spacial score (nSPS) is 5.54. The Labute approximate surface area is 146 Å². The second-order valence-electron chi connectivity index (χ2n) is 0.862. The molecule has 0 saturated carbocycles. The maximum atomic E-state index is 6.39. The second kappa shape index (κ2) is 20.4. The average Bonchev–Trinajstić information content (AvgIpc) is 1.54.